The van der Waals surface area contributed by atoms with Gasteiger partial charge < -0.3 is 24.5 Å². The summed E-state index contributed by atoms with van der Waals surface area (Å²) in [6, 6.07) is 4.81. The van der Waals surface area contributed by atoms with Crippen molar-refractivity contribution in [3.8, 4) is 5.75 Å². The summed E-state index contributed by atoms with van der Waals surface area (Å²) in [7, 11) is 3.35. The summed E-state index contributed by atoms with van der Waals surface area (Å²) in [4.78, 5) is 7.58. The van der Waals surface area contributed by atoms with Crippen LogP contribution in [0.25, 0.3) is 11.0 Å². The molecule has 132 valence electrons. The van der Waals surface area contributed by atoms with Gasteiger partial charge in [0.15, 0.2) is 5.16 Å². The second kappa shape index (κ2) is 7.64. The Morgan fingerprint density at radius 3 is 2.88 bits per heavy atom. The van der Waals surface area contributed by atoms with E-state index in [1.807, 2.05) is 0 Å². The maximum absolute atomic E-state index is 12.3. The lowest BCUT2D eigenvalue weighted by Crippen LogP contribution is -2.37. The van der Waals surface area contributed by atoms with Crippen LogP contribution in [0.15, 0.2) is 23.4 Å². The molecule has 9 heteroatoms. The highest BCUT2D eigenvalue weighted by atomic mass is 32.2. The van der Waals surface area contributed by atoms with Gasteiger partial charge in [-0.3, -0.25) is 0 Å². The number of hydrogen-bond donors (Lipinski definition) is 2. The molecule has 24 heavy (non-hydrogen) atoms. The van der Waals surface area contributed by atoms with Gasteiger partial charge in [0.2, 0.25) is 0 Å². The lowest BCUT2D eigenvalue weighted by molar-refractivity contribution is -0.0497. The normalized spacial score (nSPS) is 24.1. The fourth-order valence-electron chi connectivity index (χ4n) is 2.82. The highest BCUT2D eigenvalue weighted by molar-refractivity contribution is 7.99. The minimum absolute atomic E-state index is 0.0158. The van der Waals surface area contributed by atoms with Crippen LogP contribution in [0.4, 0.5) is 8.78 Å². The van der Waals surface area contributed by atoms with Gasteiger partial charge in [-0.1, -0.05) is 11.8 Å². The van der Waals surface area contributed by atoms with Gasteiger partial charge in [0.05, 0.1) is 17.1 Å². The number of ether oxygens (including phenoxy) is 3. The van der Waals surface area contributed by atoms with Crippen molar-refractivity contribution in [1.82, 2.24) is 15.3 Å². The molecular formula is C15H19F2N3O3S. The van der Waals surface area contributed by atoms with Gasteiger partial charge in [-0.15, -0.1) is 0 Å². The summed E-state index contributed by atoms with van der Waals surface area (Å²) in [6.45, 7) is -2.10. The number of aromatic nitrogens is 2. The zero-order chi connectivity index (χ0) is 17.1. The molecule has 2 heterocycles. The van der Waals surface area contributed by atoms with Gasteiger partial charge in [0.1, 0.15) is 11.9 Å². The Kier molecular flexibility index (Phi) is 5.54. The largest absolute Gasteiger partial charge is 0.435 e. The lowest BCUT2D eigenvalue weighted by atomic mass is 10.1. The van der Waals surface area contributed by atoms with E-state index in [9.17, 15) is 8.78 Å². The van der Waals surface area contributed by atoms with Crippen molar-refractivity contribution in [2.75, 3.05) is 26.5 Å². The van der Waals surface area contributed by atoms with Crippen molar-refractivity contribution in [2.24, 2.45) is 0 Å². The van der Waals surface area contributed by atoms with Crippen LogP contribution in [-0.2, 0) is 9.47 Å². The smallest absolute Gasteiger partial charge is 0.387 e. The Morgan fingerprint density at radius 1 is 1.33 bits per heavy atom. The molecule has 2 aromatic rings. The first-order valence-electron chi connectivity index (χ1n) is 7.47. The van der Waals surface area contributed by atoms with Crippen molar-refractivity contribution >= 4 is 22.8 Å². The highest BCUT2D eigenvalue weighted by Gasteiger charge is 2.36. The molecule has 1 aromatic carbocycles. The van der Waals surface area contributed by atoms with Gasteiger partial charge in [-0.25, -0.2) is 4.98 Å². The molecule has 1 aromatic heterocycles. The first-order valence-corrected chi connectivity index (χ1v) is 8.45. The Labute approximate surface area is 142 Å². The number of thioether (sulfide) groups is 1. The summed E-state index contributed by atoms with van der Waals surface area (Å²) in [5.74, 6) is 0.846. The first kappa shape index (κ1) is 17.4. The molecular weight excluding hydrogens is 340 g/mol. The topological polar surface area (TPSA) is 68.4 Å². The van der Waals surface area contributed by atoms with E-state index in [1.54, 1.807) is 32.0 Å². The summed E-state index contributed by atoms with van der Waals surface area (Å²) in [6.07, 6.45) is 0.0169. The van der Waals surface area contributed by atoms with E-state index in [1.165, 1.54) is 12.1 Å². The second-order valence-corrected chi connectivity index (χ2v) is 6.41. The third kappa shape index (κ3) is 3.80. The van der Waals surface area contributed by atoms with Crippen molar-refractivity contribution in [3.05, 3.63) is 18.2 Å². The van der Waals surface area contributed by atoms with E-state index < -0.39 is 6.61 Å². The van der Waals surface area contributed by atoms with E-state index in [0.717, 1.165) is 23.0 Å². The molecule has 0 bridgehead atoms. The van der Waals surface area contributed by atoms with Crippen LogP contribution in [0.1, 0.15) is 0 Å². The number of alkyl halides is 2. The zero-order valence-electron chi connectivity index (χ0n) is 13.3. The molecule has 6 nitrogen and oxygen atoms in total. The molecule has 2 N–H and O–H groups in total. The van der Waals surface area contributed by atoms with Gasteiger partial charge in [0, 0.05) is 38.6 Å². The monoisotopic (exact) mass is 359 g/mol. The number of hydrogen-bond acceptors (Lipinski definition) is 6. The summed E-state index contributed by atoms with van der Waals surface area (Å²) in [5.41, 5.74) is 1.37. The minimum Gasteiger partial charge on any atom is -0.435 e. The number of halogens is 2. The average molecular weight is 359 g/mol. The molecule has 0 aliphatic carbocycles. The maximum Gasteiger partial charge on any atom is 0.387 e. The number of rotatable bonds is 7. The molecule has 3 rings (SSSR count). The average Bonchev–Trinajstić information content (AvgIpc) is 3.14. The SMILES string of the molecule is COC1CNC(CSc2nc3cc(OC(F)F)ccc3[nH]2)C1OC. The third-order valence-electron chi connectivity index (χ3n) is 3.98. The first-order chi connectivity index (χ1) is 11.6. The van der Waals surface area contributed by atoms with Crippen molar-refractivity contribution in [2.45, 2.75) is 30.0 Å². The molecule has 0 spiro atoms. The molecule has 1 saturated heterocycles. The number of fused-ring (bicyclic) bond motifs is 1. The van der Waals surface area contributed by atoms with Crippen LogP contribution in [0.5, 0.6) is 5.75 Å². The van der Waals surface area contributed by atoms with Crippen LogP contribution in [0.3, 0.4) is 0 Å². The molecule has 1 aliphatic rings. The number of methoxy groups -OCH3 is 2. The van der Waals surface area contributed by atoms with Crippen molar-refractivity contribution < 1.29 is 23.0 Å². The van der Waals surface area contributed by atoms with Gasteiger partial charge in [0.25, 0.3) is 0 Å². The molecule has 3 atom stereocenters. The molecule has 3 unspecified atom stereocenters. The van der Waals surface area contributed by atoms with E-state index in [2.05, 4.69) is 20.0 Å². The van der Waals surface area contributed by atoms with Crippen LogP contribution < -0.4 is 10.1 Å². The standard InChI is InChI=1S/C15H19F2N3O3S/c1-21-12-6-18-11(13(12)22-2)7-24-15-19-9-4-3-8(23-14(16)17)5-10(9)20-15/h3-5,11-14,18H,6-7H2,1-2H3,(H,19,20). The summed E-state index contributed by atoms with van der Waals surface area (Å²) in [5, 5.41) is 4.10. The number of aromatic amines is 1. The van der Waals surface area contributed by atoms with Gasteiger partial charge in [-0.2, -0.15) is 8.78 Å². The number of imidazole rings is 1. The zero-order valence-corrected chi connectivity index (χ0v) is 14.1. The second-order valence-electron chi connectivity index (χ2n) is 5.40. The molecule has 0 amide bonds. The molecule has 1 fully saturated rings. The third-order valence-corrected chi connectivity index (χ3v) is 4.97. The van der Waals surface area contributed by atoms with E-state index in [0.29, 0.717) is 5.52 Å². The predicted molar refractivity (Wildman–Crippen MR) is 86.8 cm³/mol. The van der Waals surface area contributed by atoms with E-state index in [-0.39, 0.29) is 24.0 Å². The van der Waals surface area contributed by atoms with Crippen LogP contribution in [0.2, 0.25) is 0 Å². The Hall–Kier alpha value is -1.42. The van der Waals surface area contributed by atoms with Crippen LogP contribution in [0, 0.1) is 0 Å². The quantitative estimate of drug-likeness (QED) is 0.739. The van der Waals surface area contributed by atoms with Gasteiger partial charge >= 0.3 is 6.61 Å². The maximum atomic E-state index is 12.3. The van der Waals surface area contributed by atoms with Crippen molar-refractivity contribution in [3.63, 3.8) is 0 Å². The van der Waals surface area contributed by atoms with Crippen molar-refractivity contribution in [1.29, 1.82) is 0 Å². The number of benzene rings is 1. The number of H-pyrrole nitrogens is 1. The number of nitrogens with zero attached hydrogens (tertiary/aromatic N) is 1. The molecule has 0 saturated carbocycles. The minimum atomic E-state index is -2.84. The van der Waals surface area contributed by atoms with E-state index in [4.69, 9.17) is 9.47 Å². The fraction of sp³-hybridized carbons (Fsp3) is 0.533. The Morgan fingerprint density at radius 2 is 2.17 bits per heavy atom. The lowest BCUT2D eigenvalue weighted by Gasteiger charge is -2.21. The molecule has 0 radical (unpaired) electrons. The number of nitrogens with one attached hydrogen (secondary N) is 2. The van der Waals surface area contributed by atoms with Crippen LogP contribution in [-0.4, -0.2) is 61.3 Å². The van der Waals surface area contributed by atoms with E-state index >= 15 is 0 Å². The van der Waals surface area contributed by atoms with Crippen LogP contribution >= 0.6 is 11.8 Å². The Bertz CT molecular complexity index is 685. The summed E-state index contributed by atoms with van der Waals surface area (Å²) >= 11 is 1.54. The highest BCUT2D eigenvalue weighted by Crippen LogP contribution is 2.26. The van der Waals surface area contributed by atoms with Gasteiger partial charge in [-0.05, 0) is 12.1 Å². The Balaban J connectivity index is 1.65. The predicted octanol–water partition coefficient (Wildman–Crippen LogP) is 2.26. The molecule has 1 aliphatic heterocycles. The fourth-order valence-corrected chi connectivity index (χ4v) is 3.81. The summed E-state index contributed by atoms with van der Waals surface area (Å²) < 4.78 is 39.8.